The second kappa shape index (κ2) is 3.91. The summed E-state index contributed by atoms with van der Waals surface area (Å²) in [7, 11) is 0. The Bertz CT molecular complexity index is 449. The summed E-state index contributed by atoms with van der Waals surface area (Å²) < 4.78 is 0. The molecule has 5 heteroatoms. The molecule has 1 saturated carbocycles. The average Bonchev–Trinajstić information content (AvgIpc) is 3.01. The number of hydrogen-bond acceptors (Lipinski definition) is 4. The summed E-state index contributed by atoms with van der Waals surface area (Å²) in [5, 5.41) is 20.0. The molecular formula is C10H8N2O2S. The lowest BCUT2D eigenvalue weighted by molar-refractivity contribution is -0.385. The number of thioether (sulfide) groups is 1. The summed E-state index contributed by atoms with van der Waals surface area (Å²) in [6.07, 6.45) is 2.36. The molecule has 0 amide bonds. The van der Waals surface area contributed by atoms with Gasteiger partial charge in [-0.2, -0.15) is 5.26 Å². The number of nitrogens with zero attached hydrogens (tertiary/aromatic N) is 2. The molecule has 15 heavy (non-hydrogen) atoms. The molecule has 1 aliphatic carbocycles. The van der Waals surface area contributed by atoms with Crippen LogP contribution in [0.15, 0.2) is 23.1 Å². The highest BCUT2D eigenvalue weighted by Crippen LogP contribution is 2.40. The third kappa shape index (κ3) is 2.28. The highest BCUT2D eigenvalue weighted by atomic mass is 32.2. The second-order valence-corrected chi connectivity index (χ2v) is 4.74. The van der Waals surface area contributed by atoms with E-state index in [0.29, 0.717) is 5.25 Å². The third-order valence-corrected chi connectivity index (χ3v) is 3.44. The van der Waals surface area contributed by atoms with Crippen LogP contribution in [0.5, 0.6) is 0 Å². The summed E-state index contributed by atoms with van der Waals surface area (Å²) in [5.41, 5.74) is 0.0308. The lowest BCUT2D eigenvalue weighted by atomic mass is 10.2. The van der Waals surface area contributed by atoms with Crippen LogP contribution in [-0.2, 0) is 0 Å². The first-order valence-corrected chi connectivity index (χ1v) is 5.44. The van der Waals surface area contributed by atoms with Crippen molar-refractivity contribution < 1.29 is 4.92 Å². The van der Waals surface area contributed by atoms with Crippen LogP contribution in [0, 0.1) is 21.4 Å². The van der Waals surface area contributed by atoms with Crippen molar-refractivity contribution in [2.24, 2.45) is 0 Å². The van der Waals surface area contributed by atoms with Gasteiger partial charge in [-0.1, -0.05) is 0 Å². The van der Waals surface area contributed by atoms with Gasteiger partial charge in [0.1, 0.15) is 11.6 Å². The van der Waals surface area contributed by atoms with Crippen molar-refractivity contribution >= 4 is 17.4 Å². The fourth-order valence-electron chi connectivity index (χ4n) is 1.21. The zero-order valence-corrected chi connectivity index (χ0v) is 8.66. The monoisotopic (exact) mass is 220 g/mol. The van der Waals surface area contributed by atoms with E-state index in [1.807, 2.05) is 6.07 Å². The maximum Gasteiger partial charge on any atom is 0.288 e. The summed E-state index contributed by atoms with van der Waals surface area (Å²) in [5.74, 6) is 0. The molecule has 76 valence electrons. The molecule has 0 unspecified atom stereocenters. The molecule has 0 aromatic heterocycles. The molecule has 0 heterocycles. The molecule has 0 radical (unpaired) electrons. The van der Waals surface area contributed by atoms with Crippen LogP contribution in [0.2, 0.25) is 0 Å². The molecule has 1 aromatic rings. The largest absolute Gasteiger partial charge is 0.288 e. The normalized spacial score (nSPS) is 14.6. The average molecular weight is 220 g/mol. The van der Waals surface area contributed by atoms with Gasteiger partial charge >= 0.3 is 0 Å². The van der Waals surface area contributed by atoms with E-state index in [-0.39, 0.29) is 11.3 Å². The van der Waals surface area contributed by atoms with E-state index >= 15 is 0 Å². The Morgan fingerprint density at radius 2 is 2.27 bits per heavy atom. The minimum Gasteiger partial charge on any atom is -0.258 e. The molecule has 0 bridgehead atoms. The van der Waals surface area contributed by atoms with Gasteiger partial charge in [-0.25, -0.2) is 0 Å². The quantitative estimate of drug-likeness (QED) is 0.580. The van der Waals surface area contributed by atoms with E-state index in [4.69, 9.17) is 5.26 Å². The maximum absolute atomic E-state index is 10.7. The minimum absolute atomic E-state index is 0.0943. The summed E-state index contributed by atoms with van der Waals surface area (Å²) in [6, 6.07) is 6.60. The third-order valence-electron chi connectivity index (χ3n) is 2.11. The smallest absolute Gasteiger partial charge is 0.258 e. The van der Waals surface area contributed by atoms with Gasteiger partial charge < -0.3 is 0 Å². The van der Waals surface area contributed by atoms with Gasteiger partial charge in [0.05, 0.1) is 4.92 Å². The first-order chi connectivity index (χ1) is 7.20. The van der Waals surface area contributed by atoms with E-state index in [1.54, 1.807) is 17.8 Å². The Balaban J connectivity index is 2.31. The Hall–Kier alpha value is -1.54. The van der Waals surface area contributed by atoms with E-state index in [1.165, 1.54) is 25.0 Å². The fraction of sp³-hybridized carbons (Fsp3) is 0.300. The molecule has 1 aromatic carbocycles. The molecule has 1 fully saturated rings. The first kappa shape index (κ1) is 9.99. The topological polar surface area (TPSA) is 66.9 Å². The molecule has 0 spiro atoms. The number of hydrogen-bond donors (Lipinski definition) is 0. The Morgan fingerprint density at radius 3 is 2.80 bits per heavy atom. The Morgan fingerprint density at radius 1 is 1.53 bits per heavy atom. The molecule has 2 rings (SSSR count). The number of nitro groups is 1. The van der Waals surface area contributed by atoms with Gasteiger partial charge in [0.2, 0.25) is 0 Å². The zero-order valence-electron chi connectivity index (χ0n) is 7.84. The highest BCUT2D eigenvalue weighted by molar-refractivity contribution is 8.00. The maximum atomic E-state index is 10.7. The van der Waals surface area contributed by atoms with Crippen molar-refractivity contribution in [3.63, 3.8) is 0 Å². The summed E-state index contributed by atoms with van der Waals surface area (Å²) >= 11 is 1.65. The van der Waals surface area contributed by atoms with Crippen molar-refractivity contribution in [1.29, 1.82) is 5.26 Å². The van der Waals surface area contributed by atoms with Crippen LogP contribution >= 0.6 is 11.8 Å². The van der Waals surface area contributed by atoms with Gasteiger partial charge in [-0.15, -0.1) is 11.8 Å². The highest BCUT2D eigenvalue weighted by Gasteiger charge is 2.24. The number of rotatable bonds is 3. The van der Waals surface area contributed by atoms with Gasteiger partial charge in [-0.3, -0.25) is 10.1 Å². The van der Waals surface area contributed by atoms with E-state index < -0.39 is 4.92 Å². The van der Waals surface area contributed by atoms with Crippen molar-refractivity contribution in [2.45, 2.75) is 23.0 Å². The second-order valence-electron chi connectivity index (χ2n) is 3.37. The molecule has 0 saturated heterocycles. The van der Waals surface area contributed by atoms with Crippen LogP contribution < -0.4 is 0 Å². The summed E-state index contributed by atoms with van der Waals surface area (Å²) in [4.78, 5) is 11.1. The fourth-order valence-corrected chi connectivity index (χ4v) is 2.29. The lowest BCUT2D eigenvalue weighted by Gasteiger charge is -2.00. The predicted octanol–water partition coefficient (Wildman–Crippen LogP) is 2.72. The van der Waals surface area contributed by atoms with Crippen LogP contribution in [0.25, 0.3) is 0 Å². The minimum atomic E-state index is -0.504. The van der Waals surface area contributed by atoms with Gasteiger partial charge in [0.15, 0.2) is 0 Å². The number of nitriles is 1. The molecule has 4 nitrogen and oxygen atoms in total. The zero-order chi connectivity index (χ0) is 10.8. The van der Waals surface area contributed by atoms with Gasteiger partial charge in [-0.05, 0) is 25.0 Å². The summed E-state index contributed by atoms with van der Waals surface area (Å²) in [6.45, 7) is 0. The van der Waals surface area contributed by atoms with E-state index in [0.717, 1.165) is 4.90 Å². The van der Waals surface area contributed by atoms with Gasteiger partial charge in [0.25, 0.3) is 5.69 Å². The van der Waals surface area contributed by atoms with Crippen molar-refractivity contribution in [1.82, 2.24) is 0 Å². The number of benzene rings is 1. The Labute approximate surface area is 91.1 Å². The van der Waals surface area contributed by atoms with E-state index in [9.17, 15) is 10.1 Å². The van der Waals surface area contributed by atoms with Crippen molar-refractivity contribution in [3.8, 4) is 6.07 Å². The standard InChI is InChI=1S/C10H8N2O2S/c11-6-7-1-2-9(15-8-3-4-8)5-10(7)12(13)14/h1-2,5,8H,3-4H2. The van der Waals surface area contributed by atoms with Gasteiger partial charge in [0, 0.05) is 16.2 Å². The van der Waals surface area contributed by atoms with Crippen LogP contribution in [-0.4, -0.2) is 10.2 Å². The van der Waals surface area contributed by atoms with Crippen molar-refractivity contribution in [2.75, 3.05) is 0 Å². The predicted molar refractivity (Wildman–Crippen MR) is 56.7 cm³/mol. The van der Waals surface area contributed by atoms with E-state index in [2.05, 4.69) is 0 Å². The van der Waals surface area contributed by atoms with Crippen LogP contribution in [0.1, 0.15) is 18.4 Å². The SMILES string of the molecule is N#Cc1ccc(SC2CC2)cc1[N+](=O)[O-]. The molecule has 0 atom stereocenters. The molecule has 0 aliphatic heterocycles. The Kier molecular flexibility index (Phi) is 2.60. The van der Waals surface area contributed by atoms with Crippen molar-refractivity contribution in [3.05, 3.63) is 33.9 Å². The first-order valence-electron chi connectivity index (χ1n) is 4.56. The molecule has 0 N–H and O–H groups in total. The number of nitro benzene ring substituents is 1. The molecule has 1 aliphatic rings. The van der Waals surface area contributed by atoms with Crippen LogP contribution in [0.3, 0.4) is 0 Å². The lowest BCUT2D eigenvalue weighted by Crippen LogP contribution is -1.92. The van der Waals surface area contributed by atoms with Crippen LogP contribution in [0.4, 0.5) is 5.69 Å². The molecular weight excluding hydrogens is 212 g/mol.